The molecule has 1 aromatic rings. The van der Waals surface area contributed by atoms with E-state index in [1.807, 2.05) is 5.41 Å². The maximum atomic E-state index is 13.0. The normalized spacial score (nSPS) is 19.7. The Morgan fingerprint density at radius 1 is 1.44 bits per heavy atom. The number of fused-ring (bicyclic) bond motifs is 1. The van der Waals surface area contributed by atoms with Crippen molar-refractivity contribution in [1.82, 2.24) is 10.2 Å². The van der Waals surface area contributed by atoms with Crippen LogP contribution in [0.4, 0.5) is 5.69 Å². The topological polar surface area (TPSA) is 114 Å². The third-order valence-electron chi connectivity index (χ3n) is 5.23. The van der Waals surface area contributed by atoms with Crippen LogP contribution in [0.5, 0.6) is 0 Å². The number of esters is 1. The van der Waals surface area contributed by atoms with Crippen LogP contribution >= 0.6 is 11.8 Å². The molecule has 32 heavy (non-hydrogen) atoms. The minimum absolute atomic E-state index is 0.0229. The molecule has 0 aromatic heterocycles. The van der Waals surface area contributed by atoms with Crippen molar-refractivity contribution in [2.45, 2.75) is 38.3 Å². The third kappa shape index (κ3) is 4.45. The van der Waals surface area contributed by atoms with Gasteiger partial charge in [-0.25, -0.2) is 9.79 Å². The number of benzene rings is 1. The Labute approximate surface area is 189 Å². The second kappa shape index (κ2) is 8.99. The first-order valence-electron chi connectivity index (χ1n) is 10.1. The number of nitrogens with one attached hydrogen (secondary N) is 1. The van der Waals surface area contributed by atoms with Crippen LogP contribution in [0.2, 0.25) is 0 Å². The summed E-state index contributed by atoms with van der Waals surface area (Å²) in [4.78, 5) is 42.7. The molecule has 10 heteroatoms. The molecule has 0 spiro atoms. The lowest BCUT2D eigenvalue weighted by Crippen LogP contribution is -2.38. The summed E-state index contributed by atoms with van der Waals surface area (Å²) in [7, 11) is 0. The Hall–Kier alpha value is -3.40. The number of rotatable bonds is 8. The minimum Gasteiger partial charge on any atom is -0.458 e. The molecule has 3 aliphatic rings. The van der Waals surface area contributed by atoms with Crippen molar-refractivity contribution < 1.29 is 19.2 Å². The molecule has 1 fully saturated rings. The maximum Gasteiger partial charge on any atom is 0.338 e. The van der Waals surface area contributed by atoms with E-state index in [-0.39, 0.29) is 36.2 Å². The van der Waals surface area contributed by atoms with Crippen molar-refractivity contribution in [3.63, 3.8) is 0 Å². The molecule has 2 aliphatic heterocycles. The van der Waals surface area contributed by atoms with Crippen LogP contribution in [0.1, 0.15) is 37.8 Å². The van der Waals surface area contributed by atoms with E-state index in [1.165, 1.54) is 30.0 Å². The molecule has 2 heterocycles. The first-order valence-corrected chi connectivity index (χ1v) is 11.0. The number of ether oxygens (including phenoxy) is 1. The summed E-state index contributed by atoms with van der Waals surface area (Å²) in [6, 6.07) is 5.64. The summed E-state index contributed by atoms with van der Waals surface area (Å²) >= 11 is 1.35. The van der Waals surface area contributed by atoms with Gasteiger partial charge < -0.3 is 15.0 Å². The number of carbonyl (C=O) groups is 2. The number of thioether (sulfide) groups is 1. The second-order valence-corrected chi connectivity index (χ2v) is 8.49. The Balaban J connectivity index is 1.74. The maximum absolute atomic E-state index is 13.0. The quantitative estimate of drug-likeness (QED) is 0.276. The fraction of sp³-hybridized carbons (Fsp3) is 0.318. The van der Waals surface area contributed by atoms with E-state index in [9.17, 15) is 19.7 Å². The van der Waals surface area contributed by atoms with Crippen LogP contribution < -0.4 is 5.32 Å². The summed E-state index contributed by atoms with van der Waals surface area (Å²) in [5.41, 5.74) is 1.85. The van der Waals surface area contributed by atoms with Crippen LogP contribution in [0.3, 0.4) is 0 Å². The highest BCUT2D eigenvalue weighted by molar-refractivity contribution is 8.16. The number of aliphatic imine (C=N–C) groups is 1. The number of non-ortho nitro benzene ring substituents is 1. The van der Waals surface area contributed by atoms with Gasteiger partial charge in [0.05, 0.1) is 28.7 Å². The van der Waals surface area contributed by atoms with Gasteiger partial charge in [0.1, 0.15) is 6.61 Å². The molecule has 166 valence electrons. The van der Waals surface area contributed by atoms with E-state index < -0.39 is 16.9 Å². The molecule has 0 saturated heterocycles. The van der Waals surface area contributed by atoms with Gasteiger partial charge >= 0.3 is 5.97 Å². The molecular formula is C22H22N4O5S. The van der Waals surface area contributed by atoms with Crippen molar-refractivity contribution >= 4 is 34.5 Å². The van der Waals surface area contributed by atoms with Crippen molar-refractivity contribution in [1.29, 1.82) is 0 Å². The van der Waals surface area contributed by atoms with Gasteiger partial charge in [0.25, 0.3) is 5.69 Å². The van der Waals surface area contributed by atoms with Crippen LogP contribution in [0, 0.1) is 10.1 Å². The van der Waals surface area contributed by atoms with Crippen LogP contribution in [0.25, 0.3) is 0 Å². The lowest BCUT2D eigenvalue weighted by atomic mass is 9.93. The molecule has 0 bridgehead atoms. The van der Waals surface area contributed by atoms with E-state index in [4.69, 9.17) is 4.74 Å². The predicted molar refractivity (Wildman–Crippen MR) is 120 cm³/mol. The number of allylic oxidation sites excluding steroid dienone is 1. The Morgan fingerprint density at radius 2 is 2.22 bits per heavy atom. The zero-order chi connectivity index (χ0) is 22.8. The molecule has 1 N–H and O–H groups in total. The zero-order valence-electron chi connectivity index (χ0n) is 17.4. The number of nitrogens with zero attached hydrogens (tertiary/aromatic N) is 3. The Bertz CT molecular complexity index is 1090. The summed E-state index contributed by atoms with van der Waals surface area (Å²) in [5.74, 6) is -0.694. The summed E-state index contributed by atoms with van der Waals surface area (Å²) in [6.45, 7) is 5.30. The van der Waals surface area contributed by atoms with Gasteiger partial charge in [-0.05, 0) is 30.7 Å². The van der Waals surface area contributed by atoms with Gasteiger partial charge in [-0.15, -0.1) is 0 Å². The van der Waals surface area contributed by atoms with Crippen molar-refractivity contribution in [2.24, 2.45) is 4.99 Å². The summed E-state index contributed by atoms with van der Waals surface area (Å²) in [6.07, 6.45) is 3.54. The van der Waals surface area contributed by atoms with Gasteiger partial charge in [-0.1, -0.05) is 36.5 Å². The number of amides is 1. The van der Waals surface area contributed by atoms with Crippen LogP contribution in [-0.4, -0.2) is 39.5 Å². The predicted octanol–water partition coefficient (Wildman–Crippen LogP) is 3.57. The Kier molecular flexibility index (Phi) is 6.13. The SMILES string of the molecule is C=CCOC(=O)C1=C(C)N=C2SC=C(CC(=O)NC3CC3)N2C1c1cccc([N+](=O)[O-])c1. The van der Waals surface area contributed by atoms with Gasteiger partial charge in [-0.2, -0.15) is 0 Å². The lowest BCUT2D eigenvalue weighted by Gasteiger charge is -2.36. The summed E-state index contributed by atoms with van der Waals surface area (Å²) < 4.78 is 5.31. The molecule has 9 nitrogen and oxygen atoms in total. The highest BCUT2D eigenvalue weighted by Crippen LogP contribution is 2.45. The van der Waals surface area contributed by atoms with E-state index in [1.54, 1.807) is 24.0 Å². The Morgan fingerprint density at radius 3 is 2.91 bits per heavy atom. The van der Waals surface area contributed by atoms with Gasteiger partial charge in [0, 0.05) is 23.9 Å². The van der Waals surface area contributed by atoms with Crippen LogP contribution in [0.15, 0.2) is 64.3 Å². The highest BCUT2D eigenvalue weighted by Gasteiger charge is 2.41. The van der Waals surface area contributed by atoms with Crippen LogP contribution in [-0.2, 0) is 14.3 Å². The molecule has 1 aromatic carbocycles. The molecule has 1 aliphatic carbocycles. The smallest absolute Gasteiger partial charge is 0.338 e. The zero-order valence-corrected chi connectivity index (χ0v) is 18.3. The summed E-state index contributed by atoms with van der Waals surface area (Å²) in [5, 5.41) is 16.8. The van der Waals surface area contributed by atoms with E-state index in [2.05, 4.69) is 16.9 Å². The van der Waals surface area contributed by atoms with Gasteiger partial charge in [0.2, 0.25) is 5.91 Å². The molecule has 4 rings (SSSR count). The van der Waals surface area contributed by atoms with Crippen molar-refractivity contribution in [3.8, 4) is 0 Å². The minimum atomic E-state index is -0.713. The third-order valence-corrected chi connectivity index (χ3v) is 6.12. The number of amidine groups is 1. The molecule has 1 atom stereocenters. The lowest BCUT2D eigenvalue weighted by molar-refractivity contribution is -0.384. The van der Waals surface area contributed by atoms with Crippen molar-refractivity contribution in [2.75, 3.05) is 6.61 Å². The number of carbonyl (C=O) groups excluding carboxylic acids is 2. The number of nitro groups is 1. The highest BCUT2D eigenvalue weighted by atomic mass is 32.2. The second-order valence-electron chi connectivity index (χ2n) is 7.65. The molecule has 1 amide bonds. The molecule has 0 radical (unpaired) electrons. The first kappa shape index (κ1) is 21.8. The monoisotopic (exact) mass is 454 g/mol. The fourth-order valence-electron chi connectivity index (χ4n) is 3.64. The average Bonchev–Trinajstić information content (AvgIpc) is 3.50. The molecular weight excluding hydrogens is 432 g/mol. The van der Waals surface area contributed by atoms with E-state index >= 15 is 0 Å². The molecule has 1 saturated carbocycles. The fourth-order valence-corrected chi connectivity index (χ4v) is 4.60. The number of hydrogen-bond acceptors (Lipinski definition) is 8. The van der Waals surface area contributed by atoms with Gasteiger partial charge in [0.15, 0.2) is 5.17 Å². The van der Waals surface area contributed by atoms with Crippen molar-refractivity contribution in [3.05, 3.63) is 75.0 Å². The first-order chi connectivity index (χ1) is 15.4. The average molecular weight is 455 g/mol. The largest absolute Gasteiger partial charge is 0.458 e. The number of hydrogen-bond donors (Lipinski definition) is 1. The molecule has 1 unspecified atom stereocenters. The van der Waals surface area contributed by atoms with E-state index in [0.717, 1.165) is 12.8 Å². The standard InChI is InChI=1S/C22H22N4O5S/c1-3-9-31-21(28)19-13(2)23-22-25(17(12-32-22)11-18(27)24-15-7-8-15)20(19)14-5-4-6-16(10-14)26(29)30/h3-6,10,12,15,20H,1,7-9,11H2,2H3,(H,24,27). The van der Waals surface area contributed by atoms with E-state index in [0.29, 0.717) is 22.1 Å². The van der Waals surface area contributed by atoms with Gasteiger partial charge in [-0.3, -0.25) is 14.9 Å². The number of nitro benzene ring substituents is 1.